The van der Waals surface area contributed by atoms with Crippen molar-refractivity contribution in [2.45, 2.75) is 25.2 Å². The van der Waals surface area contributed by atoms with Gasteiger partial charge in [0, 0.05) is 15.0 Å². The molecule has 0 N–H and O–H groups in total. The highest BCUT2D eigenvalue weighted by molar-refractivity contribution is 8.10. The fraction of sp³-hybridized carbons (Fsp3) is 0.462. The topological polar surface area (TPSA) is 20.3 Å². The Morgan fingerprint density at radius 1 is 1.35 bits per heavy atom. The van der Waals surface area contributed by atoms with Crippen LogP contribution in [0.4, 0.5) is 0 Å². The number of carbonyl (C=O) groups excluding carboxylic acids is 1. The van der Waals surface area contributed by atoms with E-state index in [1.54, 1.807) is 0 Å². The summed E-state index contributed by atoms with van der Waals surface area (Å²) in [6.45, 7) is 5.23. The van der Waals surface area contributed by atoms with E-state index in [4.69, 9.17) is 0 Å². The molecule has 1 fully saturated rings. The lowest BCUT2D eigenvalue weighted by Crippen LogP contribution is -2.34. The molecule has 1 amide bonds. The molecule has 0 bridgehead atoms. The monoisotopic (exact) mass is 267 g/mol. The third-order valence-electron chi connectivity index (χ3n) is 3.59. The molecular weight excluding hydrogens is 248 g/mol. The summed E-state index contributed by atoms with van der Waals surface area (Å²) in [7, 11) is 1.52. The van der Waals surface area contributed by atoms with Crippen LogP contribution in [0.15, 0.2) is 30.3 Å². The fourth-order valence-corrected chi connectivity index (χ4v) is 4.83. The summed E-state index contributed by atoms with van der Waals surface area (Å²) in [5, 5.41) is 0. The maximum Gasteiger partial charge on any atom is 0.236 e. The van der Waals surface area contributed by atoms with Crippen molar-refractivity contribution < 1.29 is 4.79 Å². The quantitative estimate of drug-likeness (QED) is 0.766. The molecule has 1 aliphatic rings. The van der Waals surface area contributed by atoms with Gasteiger partial charge in [0.15, 0.2) is 0 Å². The molecular formula is C13H19NOP2. The summed E-state index contributed by atoms with van der Waals surface area (Å²) in [5.41, 5.74) is 0.952. The van der Waals surface area contributed by atoms with Crippen LogP contribution in [0.1, 0.15) is 25.3 Å². The van der Waals surface area contributed by atoms with E-state index in [9.17, 15) is 4.79 Å². The molecule has 0 aliphatic carbocycles. The molecule has 17 heavy (non-hydrogen) atoms. The number of hydrogen-bond acceptors (Lipinski definition) is 1. The first-order valence-electron chi connectivity index (χ1n) is 6.04. The summed E-state index contributed by atoms with van der Waals surface area (Å²) >= 11 is 0. The second-order valence-electron chi connectivity index (χ2n) is 4.37. The van der Waals surface area contributed by atoms with Crippen LogP contribution in [0.3, 0.4) is 0 Å². The third-order valence-corrected chi connectivity index (χ3v) is 5.99. The molecule has 2 rings (SSSR count). The number of nitrogens with zero attached hydrogens (tertiary/aromatic N) is 1. The third kappa shape index (κ3) is 2.26. The van der Waals surface area contributed by atoms with Crippen LogP contribution < -0.4 is 0 Å². The van der Waals surface area contributed by atoms with Gasteiger partial charge in [0.05, 0.1) is 5.41 Å². The van der Waals surface area contributed by atoms with E-state index < -0.39 is 0 Å². The molecule has 1 heterocycles. The Kier molecular flexibility index (Phi) is 4.17. The Hall–Kier alpha value is -0.450. The lowest BCUT2D eigenvalue weighted by atomic mass is 9.77. The highest BCUT2D eigenvalue weighted by Crippen LogP contribution is 2.47. The molecule has 0 aromatic heterocycles. The van der Waals surface area contributed by atoms with Gasteiger partial charge in [-0.25, -0.2) is 0 Å². The van der Waals surface area contributed by atoms with Crippen LogP contribution in [0, 0.1) is 0 Å². The van der Waals surface area contributed by atoms with E-state index in [1.807, 2.05) is 18.2 Å². The Bertz CT molecular complexity index is 396. The van der Waals surface area contributed by atoms with E-state index >= 15 is 0 Å². The smallest absolute Gasteiger partial charge is 0.236 e. The van der Waals surface area contributed by atoms with Crippen LogP contribution in [-0.4, -0.2) is 23.8 Å². The molecule has 3 atom stereocenters. The molecule has 1 aromatic carbocycles. The van der Waals surface area contributed by atoms with E-state index in [0.29, 0.717) is 14.3 Å². The highest BCUT2D eigenvalue weighted by atomic mass is 32.0. The average Bonchev–Trinajstić information content (AvgIpc) is 2.70. The number of benzene rings is 1. The predicted molar refractivity (Wildman–Crippen MR) is 77.3 cm³/mol. The molecule has 2 unspecified atom stereocenters. The van der Waals surface area contributed by atoms with Crippen LogP contribution in [0.25, 0.3) is 0 Å². The Labute approximate surface area is 107 Å². The minimum absolute atomic E-state index is 0.242. The first kappa shape index (κ1) is 13.0. The van der Waals surface area contributed by atoms with Crippen molar-refractivity contribution in [1.82, 2.24) is 4.67 Å². The summed E-state index contributed by atoms with van der Waals surface area (Å²) in [5.74, 6) is 0.346. The Balaban J connectivity index is 2.31. The van der Waals surface area contributed by atoms with Gasteiger partial charge in [-0.2, -0.15) is 0 Å². The molecule has 1 aliphatic heterocycles. The van der Waals surface area contributed by atoms with Crippen molar-refractivity contribution in [2.24, 2.45) is 0 Å². The molecule has 4 heteroatoms. The van der Waals surface area contributed by atoms with E-state index in [2.05, 4.69) is 30.4 Å². The van der Waals surface area contributed by atoms with E-state index in [1.165, 1.54) is 5.56 Å². The summed E-state index contributed by atoms with van der Waals surface area (Å²) in [6.07, 6.45) is 1.88. The number of rotatable bonds is 4. The first-order valence-corrected chi connectivity index (χ1v) is 9.49. The summed E-state index contributed by atoms with van der Waals surface area (Å²) in [4.78, 5) is 12.6. The number of carbonyl (C=O) groups is 1. The Morgan fingerprint density at radius 2 is 2.06 bits per heavy atom. The minimum Gasteiger partial charge on any atom is -0.320 e. The van der Waals surface area contributed by atoms with Crippen molar-refractivity contribution in [1.29, 1.82) is 0 Å². The van der Waals surface area contributed by atoms with Gasteiger partial charge in [-0.05, 0) is 25.1 Å². The van der Waals surface area contributed by atoms with Crippen molar-refractivity contribution >= 4 is 22.6 Å². The Morgan fingerprint density at radius 3 is 2.65 bits per heavy atom. The largest absolute Gasteiger partial charge is 0.320 e. The van der Waals surface area contributed by atoms with Crippen molar-refractivity contribution in [3.8, 4) is 0 Å². The van der Waals surface area contributed by atoms with Crippen LogP contribution in [-0.2, 0) is 10.2 Å². The van der Waals surface area contributed by atoms with Gasteiger partial charge in [0.25, 0.3) is 0 Å². The second-order valence-corrected chi connectivity index (χ2v) is 7.80. The summed E-state index contributed by atoms with van der Waals surface area (Å²) < 4.78 is 2.06. The predicted octanol–water partition coefficient (Wildman–Crippen LogP) is 3.38. The van der Waals surface area contributed by atoms with Gasteiger partial charge >= 0.3 is 0 Å². The molecule has 1 saturated heterocycles. The lowest BCUT2D eigenvalue weighted by molar-refractivity contribution is -0.128. The zero-order chi connectivity index (χ0) is 12.3. The van der Waals surface area contributed by atoms with Crippen LogP contribution in [0.5, 0.6) is 0 Å². The lowest BCUT2D eigenvalue weighted by Gasteiger charge is -2.27. The van der Waals surface area contributed by atoms with Crippen LogP contribution in [0.2, 0.25) is 0 Å². The van der Waals surface area contributed by atoms with Gasteiger partial charge in [0.2, 0.25) is 5.91 Å². The van der Waals surface area contributed by atoms with Gasteiger partial charge in [0.1, 0.15) is 0 Å². The summed E-state index contributed by atoms with van der Waals surface area (Å²) in [6, 6.07) is 10.3. The molecule has 2 nitrogen and oxygen atoms in total. The maximum absolute atomic E-state index is 12.6. The fourth-order valence-electron chi connectivity index (χ4n) is 2.57. The van der Waals surface area contributed by atoms with Gasteiger partial charge < -0.3 is 4.67 Å². The average molecular weight is 267 g/mol. The van der Waals surface area contributed by atoms with Gasteiger partial charge in [-0.3, -0.25) is 4.79 Å². The van der Waals surface area contributed by atoms with Crippen molar-refractivity contribution in [2.75, 3.05) is 13.2 Å². The SMILES string of the molecule is CC[C@@]1(c2ccccc2)CCN(PPC)C1=O. The molecule has 1 aromatic rings. The maximum atomic E-state index is 12.6. The van der Waals surface area contributed by atoms with E-state index in [0.717, 1.165) is 27.7 Å². The van der Waals surface area contributed by atoms with Crippen LogP contribution >= 0.6 is 16.7 Å². The second kappa shape index (κ2) is 5.46. The van der Waals surface area contributed by atoms with Gasteiger partial charge in [-0.15, -0.1) is 0 Å². The minimum atomic E-state index is -0.242. The molecule has 0 radical (unpaired) electrons. The molecule has 92 valence electrons. The first-order chi connectivity index (χ1) is 8.24. The molecule has 0 saturated carbocycles. The normalized spacial score (nSPS) is 25.8. The molecule has 0 spiro atoms. The highest BCUT2D eigenvalue weighted by Gasteiger charge is 2.46. The number of hydrogen-bond donors (Lipinski definition) is 0. The zero-order valence-corrected chi connectivity index (χ0v) is 12.4. The van der Waals surface area contributed by atoms with Crippen molar-refractivity contribution in [3.05, 3.63) is 35.9 Å². The van der Waals surface area contributed by atoms with E-state index in [-0.39, 0.29) is 5.41 Å². The number of amides is 1. The van der Waals surface area contributed by atoms with Gasteiger partial charge in [-0.1, -0.05) is 45.5 Å². The standard InChI is InChI=1S/C13H19NOP2/c1-3-13(11-7-5-4-6-8-11)9-10-14(12(13)15)17-16-2/h4-8,16-17H,3,9-10H2,1-2H3/t13-/m0/s1. The zero-order valence-electron chi connectivity index (χ0n) is 10.4. The van der Waals surface area contributed by atoms with Crippen molar-refractivity contribution in [3.63, 3.8) is 0 Å².